The highest BCUT2D eigenvalue weighted by molar-refractivity contribution is 7.20. The number of anilines is 1. The number of nitrogens with one attached hydrogen (secondary N) is 1. The monoisotopic (exact) mass is 384 g/mol. The van der Waals surface area contributed by atoms with Crippen molar-refractivity contribution in [3.8, 4) is 11.3 Å². The lowest BCUT2D eigenvalue weighted by atomic mass is 10.1. The Labute approximate surface area is 165 Å². The van der Waals surface area contributed by atoms with Crippen LogP contribution in [0.3, 0.4) is 0 Å². The number of thiophene rings is 1. The molecular formula is C22H16N4OS. The van der Waals surface area contributed by atoms with Crippen LogP contribution >= 0.6 is 11.3 Å². The predicted molar refractivity (Wildman–Crippen MR) is 113 cm³/mol. The topological polar surface area (TPSA) is 59.3 Å². The third-order valence-corrected chi connectivity index (χ3v) is 5.80. The standard InChI is InChI=1S/C22H16N4OS/c1-14-20(25-22-23-10-5-11-26(14)22)16-7-4-8-17(12-16)24-21(27)19-13-15-6-2-3-9-18(15)28-19/h2-13H,1H3,(H,24,27). The molecule has 2 aromatic carbocycles. The van der Waals surface area contributed by atoms with E-state index in [4.69, 9.17) is 0 Å². The highest BCUT2D eigenvalue weighted by atomic mass is 32.1. The van der Waals surface area contributed by atoms with Gasteiger partial charge in [0.05, 0.1) is 10.6 Å². The average molecular weight is 384 g/mol. The predicted octanol–water partition coefficient (Wildman–Crippen LogP) is 5.17. The van der Waals surface area contributed by atoms with Gasteiger partial charge in [0.15, 0.2) is 0 Å². The van der Waals surface area contributed by atoms with Gasteiger partial charge in [0.25, 0.3) is 5.91 Å². The van der Waals surface area contributed by atoms with Crippen LogP contribution in [0.15, 0.2) is 73.1 Å². The second-order valence-corrected chi connectivity index (χ2v) is 7.60. The molecule has 1 N–H and O–H groups in total. The first-order valence-corrected chi connectivity index (χ1v) is 9.71. The first-order chi connectivity index (χ1) is 13.7. The SMILES string of the molecule is Cc1c(-c2cccc(NC(=O)c3cc4ccccc4s3)c2)nc2ncccn12. The van der Waals surface area contributed by atoms with Gasteiger partial charge in [-0.15, -0.1) is 11.3 Å². The van der Waals surface area contributed by atoms with E-state index in [-0.39, 0.29) is 5.91 Å². The molecule has 1 amide bonds. The van der Waals surface area contributed by atoms with Crippen LogP contribution in [0.1, 0.15) is 15.4 Å². The van der Waals surface area contributed by atoms with Gasteiger partial charge in [-0.1, -0.05) is 30.3 Å². The molecule has 5 nitrogen and oxygen atoms in total. The van der Waals surface area contributed by atoms with E-state index in [1.807, 2.05) is 78.2 Å². The second-order valence-electron chi connectivity index (χ2n) is 6.52. The summed E-state index contributed by atoms with van der Waals surface area (Å²) in [5.41, 5.74) is 3.55. The molecule has 0 atom stereocenters. The van der Waals surface area contributed by atoms with E-state index in [1.165, 1.54) is 11.3 Å². The molecule has 0 unspecified atom stereocenters. The average Bonchev–Trinajstić information content (AvgIpc) is 3.30. The van der Waals surface area contributed by atoms with Gasteiger partial charge in [0, 0.05) is 34.0 Å². The molecule has 0 saturated carbocycles. The molecule has 28 heavy (non-hydrogen) atoms. The number of amides is 1. The lowest BCUT2D eigenvalue weighted by molar-refractivity contribution is 0.103. The summed E-state index contributed by atoms with van der Waals surface area (Å²) in [6, 6.07) is 19.6. The summed E-state index contributed by atoms with van der Waals surface area (Å²) >= 11 is 1.49. The second kappa shape index (κ2) is 6.58. The van der Waals surface area contributed by atoms with Crippen molar-refractivity contribution < 1.29 is 4.79 Å². The molecule has 0 aliphatic carbocycles. The fourth-order valence-corrected chi connectivity index (χ4v) is 4.26. The Morgan fingerprint density at radius 2 is 1.96 bits per heavy atom. The molecule has 3 aromatic heterocycles. The minimum atomic E-state index is -0.105. The van der Waals surface area contributed by atoms with E-state index in [2.05, 4.69) is 15.3 Å². The van der Waals surface area contributed by atoms with E-state index >= 15 is 0 Å². The fraction of sp³-hybridized carbons (Fsp3) is 0.0455. The number of hydrogen-bond acceptors (Lipinski definition) is 4. The number of hydrogen-bond donors (Lipinski definition) is 1. The summed E-state index contributed by atoms with van der Waals surface area (Å²) in [5, 5.41) is 4.09. The Hall–Kier alpha value is -3.51. The van der Waals surface area contributed by atoms with Crippen molar-refractivity contribution in [2.75, 3.05) is 5.32 Å². The van der Waals surface area contributed by atoms with Crippen molar-refractivity contribution in [2.24, 2.45) is 0 Å². The first kappa shape index (κ1) is 16.6. The normalized spacial score (nSPS) is 11.2. The number of imidazole rings is 1. The van der Waals surface area contributed by atoms with Crippen LogP contribution in [0, 0.1) is 6.92 Å². The van der Waals surface area contributed by atoms with Gasteiger partial charge < -0.3 is 5.32 Å². The zero-order chi connectivity index (χ0) is 19.1. The summed E-state index contributed by atoms with van der Waals surface area (Å²) in [6.45, 7) is 2.01. The minimum absolute atomic E-state index is 0.105. The van der Waals surface area contributed by atoms with Crippen molar-refractivity contribution in [3.05, 3.63) is 83.6 Å². The third kappa shape index (κ3) is 2.84. The molecular weight excluding hydrogens is 368 g/mol. The van der Waals surface area contributed by atoms with E-state index in [0.29, 0.717) is 10.7 Å². The number of rotatable bonds is 3. The molecule has 0 fully saturated rings. The van der Waals surface area contributed by atoms with Gasteiger partial charge >= 0.3 is 0 Å². The van der Waals surface area contributed by atoms with Crippen LogP contribution in [0.5, 0.6) is 0 Å². The van der Waals surface area contributed by atoms with Gasteiger partial charge in [-0.05, 0) is 42.6 Å². The highest BCUT2D eigenvalue weighted by Gasteiger charge is 2.13. The molecule has 0 aliphatic rings. The van der Waals surface area contributed by atoms with E-state index in [0.717, 1.165) is 32.7 Å². The number of carbonyl (C=O) groups excluding carboxylic acids is 1. The largest absolute Gasteiger partial charge is 0.321 e. The molecule has 0 bridgehead atoms. The first-order valence-electron chi connectivity index (χ1n) is 8.89. The molecule has 0 aliphatic heterocycles. The maximum Gasteiger partial charge on any atom is 0.265 e. The van der Waals surface area contributed by atoms with E-state index < -0.39 is 0 Å². The van der Waals surface area contributed by atoms with Gasteiger partial charge in [0.2, 0.25) is 5.78 Å². The van der Waals surface area contributed by atoms with Gasteiger partial charge in [-0.3, -0.25) is 9.20 Å². The summed E-state index contributed by atoms with van der Waals surface area (Å²) in [6.07, 6.45) is 3.68. The number of carbonyl (C=O) groups is 1. The van der Waals surface area contributed by atoms with Crippen LogP contribution in [-0.2, 0) is 0 Å². The number of benzene rings is 2. The molecule has 0 spiro atoms. The maximum atomic E-state index is 12.7. The van der Waals surface area contributed by atoms with Crippen LogP contribution in [0.2, 0.25) is 0 Å². The molecule has 136 valence electrons. The Morgan fingerprint density at radius 3 is 2.82 bits per heavy atom. The van der Waals surface area contributed by atoms with Crippen molar-refractivity contribution in [2.45, 2.75) is 6.92 Å². The number of aryl methyl sites for hydroxylation is 1. The smallest absolute Gasteiger partial charge is 0.265 e. The van der Waals surface area contributed by atoms with Gasteiger partial charge in [-0.2, -0.15) is 0 Å². The fourth-order valence-electron chi connectivity index (χ4n) is 3.31. The molecule has 0 saturated heterocycles. The summed E-state index contributed by atoms with van der Waals surface area (Å²) in [4.78, 5) is 22.3. The van der Waals surface area contributed by atoms with Crippen molar-refractivity contribution in [1.29, 1.82) is 0 Å². The van der Waals surface area contributed by atoms with Crippen LogP contribution < -0.4 is 5.32 Å². The lowest BCUT2D eigenvalue weighted by Crippen LogP contribution is -2.10. The summed E-state index contributed by atoms with van der Waals surface area (Å²) < 4.78 is 3.06. The Morgan fingerprint density at radius 1 is 1.07 bits per heavy atom. The van der Waals surface area contributed by atoms with Gasteiger partial charge in [0.1, 0.15) is 0 Å². The molecule has 5 rings (SSSR count). The lowest BCUT2D eigenvalue weighted by Gasteiger charge is -2.06. The van der Waals surface area contributed by atoms with E-state index in [9.17, 15) is 4.79 Å². The Balaban J connectivity index is 1.46. The Kier molecular flexibility index (Phi) is 3.91. The van der Waals surface area contributed by atoms with Crippen LogP contribution in [0.25, 0.3) is 27.1 Å². The molecule has 3 heterocycles. The van der Waals surface area contributed by atoms with Crippen LogP contribution in [-0.4, -0.2) is 20.3 Å². The number of nitrogens with zero attached hydrogens (tertiary/aromatic N) is 3. The highest BCUT2D eigenvalue weighted by Crippen LogP contribution is 2.28. The third-order valence-electron chi connectivity index (χ3n) is 4.69. The van der Waals surface area contributed by atoms with Crippen molar-refractivity contribution in [3.63, 3.8) is 0 Å². The zero-order valence-corrected chi connectivity index (χ0v) is 15.9. The number of fused-ring (bicyclic) bond motifs is 2. The zero-order valence-electron chi connectivity index (χ0n) is 15.1. The van der Waals surface area contributed by atoms with E-state index in [1.54, 1.807) is 6.20 Å². The van der Waals surface area contributed by atoms with Crippen molar-refractivity contribution >= 4 is 38.8 Å². The van der Waals surface area contributed by atoms with Crippen LogP contribution in [0.4, 0.5) is 5.69 Å². The van der Waals surface area contributed by atoms with Gasteiger partial charge in [-0.25, -0.2) is 9.97 Å². The maximum absolute atomic E-state index is 12.7. The summed E-state index contributed by atoms with van der Waals surface area (Å²) in [7, 11) is 0. The molecule has 6 heteroatoms. The quantitative estimate of drug-likeness (QED) is 0.467. The molecule has 0 radical (unpaired) electrons. The molecule has 5 aromatic rings. The summed E-state index contributed by atoms with van der Waals surface area (Å²) in [5.74, 6) is 0.557. The van der Waals surface area contributed by atoms with Crippen molar-refractivity contribution in [1.82, 2.24) is 14.4 Å². The number of aromatic nitrogens is 3. The minimum Gasteiger partial charge on any atom is -0.321 e. The Bertz CT molecular complexity index is 1300.